The van der Waals surface area contributed by atoms with Crippen LogP contribution in [-0.2, 0) is 4.79 Å². The monoisotopic (exact) mass is 535 g/mol. The second-order valence-electron chi connectivity index (χ2n) is 8.19. The largest absolute Gasteiger partial charge is 0.494 e. The number of rotatable bonds is 10. The highest BCUT2D eigenvalue weighted by Gasteiger charge is 2.15. The summed E-state index contributed by atoms with van der Waals surface area (Å²) in [6.07, 6.45) is 3.68. The van der Waals surface area contributed by atoms with Gasteiger partial charge in [-0.3, -0.25) is 9.59 Å². The lowest BCUT2D eigenvalue weighted by atomic mass is 10.1. The van der Waals surface area contributed by atoms with Gasteiger partial charge in [-0.1, -0.05) is 41.4 Å². The van der Waals surface area contributed by atoms with E-state index in [1.807, 2.05) is 55.4 Å². The Hall–Kier alpha value is -3.58. The highest BCUT2D eigenvalue weighted by Crippen LogP contribution is 2.18. The maximum absolute atomic E-state index is 13.1. The third-order valence-electron chi connectivity index (χ3n) is 5.20. The summed E-state index contributed by atoms with van der Waals surface area (Å²) < 4.78 is 6.57. The van der Waals surface area contributed by atoms with E-state index in [-0.39, 0.29) is 11.6 Å². The summed E-state index contributed by atoms with van der Waals surface area (Å²) in [6.45, 7) is 2.74. The Morgan fingerprint density at radius 2 is 1.60 bits per heavy atom. The van der Waals surface area contributed by atoms with Gasteiger partial charge in [-0.15, -0.1) is 0 Å². The van der Waals surface area contributed by atoms with E-state index in [0.717, 1.165) is 28.6 Å². The molecule has 0 bridgehead atoms. The molecule has 0 unspecified atom stereocenters. The number of carbonyl (C=O) groups excluding carboxylic acids is 2. The number of hydrogen-bond donors (Lipinski definition) is 2. The first kappa shape index (κ1) is 26.0. The summed E-state index contributed by atoms with van der Waals surface area (Å²) in [7, 11) is 3.92. The lowest BCUT2D eigenvalue weighted by Gasteiger charge is -2.13. The third-order valence-corrected chi connectivity index (χ3v) is 5.73. The Morgan fingerprint density at radius 3 is 2.20 bits per heavy atom. The minimum atomic E-state index is -0.420. The number of benzene rings is 3. The maximum Gasteiger partial charge on any atom is 0.272 e. The molecule has 0 radical (unpaired) electrons. The molecule has 0 saturated carbocycles. The highest BCUT2D eigenvalue weighted by atomic mass is 79.9. The molecule has 2 amide bonds. The molecule has 0 heterocycles. The van der Waals surface area contributed by atoms with Crippen molar-refractivity contribution in [3.8, 4) is 5.75 Å². The lowest BCUT2D eigenvalue weighted by Crippen LogP contribution is -2.30. The van der Waals surface area contributed by atoms with Crippen LogP contribution in [0.4, 0.5) is 11.4 Å². The van der Waals surface area contributed by atoms with E-state index in [1.54, 1.807) is 42.5 Å². The lowest BCUT2D eigenvalue weighted by molar-refractivity contribution is -0.113. The second kappa shape index (κ2) is 12.8. The van der Waals surface area contributed by atoms with Gasteiger partial charge in [0, 0.05) is 35.5 Å². The number of nitrogens with one attached hydrogen (secondary N) is 2. The number of nitrogens with zero attached hydrogens (tertiary/aromatic N) is 1. The zero-order valence-electron chi connectivity index (χ0n) is 20.2. The van der Waals surface area contributed by atoms with Crippen molar-refractivity contribution in [3.63, 3.8) is 0 Å². The van der Waals surface area contributed by atoms with Crippen molar-refractivity contribution in [3.05, 3.63) is 94.1 Å². The number of unbranched alkanes of at least 4 members (excludes halogenated alkanes) is 1. The van der Waals surface area contributed by atoms with Gasteiger partial charge in [0.25, 0.3) is 11.8 Å². The van der Waals surface area contributed by atoms with Crippen molar-refractivity contribution >= 4 is 45.2 Å². The molecule has 0 fully saturated rings. The molecule has 0 aromatic heterocycles. The first-order chi connectivity index (χ1) is 16.9. The average molecular weight is 536 g/mol. The molecular formula is C28H30BrN3O3. The van der Waals surface area contributed by atoms with Crippen LogP contribution in [0.15, 0.2) is 83.0 Å². The van der Waals surface area contributed by atoms with Gasteiger partial charge >= 0.3 is 0 Å². The fraction of sp³-hybridized carbons (Fsp3) is 0.214. The average Bonchev–Trinajstić information content (AvgIpc) is 2.86. The smallest absolute Gasteiger partial charge is 0.272 e. The molecule has 0 atom stereocenters. The van der Waals surface area contributed by atoms with Gasteiger partial charge in [0.2, 0.25) is 0 Å². The number of ether oxygens (including phenoxy) is 1. The molecule has 7 heteroatoms. The second-order valence-corrected chi connectivity index (χ2v) is 9.10. The molecule has 35 heavy (non-hydrogen) atoms. The number of anilines is 2. The molecule has 6 nitrogen and oxygen atoms in total. The Bertz CT molecular complexity index is 1160. The molecule has 0 aliphatic rings. The highest BCUT2D eigenvalue weighted by molar-refractivity contribution is 9.10. The standard InChI is InChI=1S/C28H30BrN3O3/c1-4-5-18-35-25-16-8-21(9-17-25)27(33)31-26(19-20-6-14-24(15-7-20)32(2)3)28(34)30-23-12-10-22(29)11-13-23/h6-17,19H,4-5,18H2,1-3H3,(H,30,34)(H,31,33). The molecule has 2 N–H and O–H groups in total. The van der Waals surface area contributed by atoms with E-state index in [4.69, 9.17) is 4.74 Å². The Morgan fingerprint density at radius 1 is 0.943 bits per heavy atom. The SMILES string of the molecule is CCCCOc1ccc(C(=O)NC(=Cc2ccc(N(C)C)cc2)C(=O)Nc2ccc(Br)cc2)cc1. The van der Waals surface area contributed by atoms with Gasteiger partial charge in [0.05, 0.1) is 6.61 Å². The van der Waals surface area contributed by atoms with Gasteiger partial charge in [0.15, 0.2) is 0 Å². The topological polar surface area (TPSA) is 70.7 Å². The Kier molecular flexibility index (Phi) is 9.49. The predicted molar refractivity (Wildman–Crippen MR) is 146 cm³/mol. The van der Waals surface area contributed by atoms with Gasteiger partial charge in [-0.25, -0.2) is 0 Å². The molecule has 0 aliphatic heterocycles. The van der Waals surface area contributed by atoms with Crippen LogP contribution in [-0.4, -0.2) is 32.5 Å². The molecule has 182 valence electrons. The number of amides is 2. The van der Waals surface area contributed by atoms with Crippen LogP contribution in [0.1, 0.15) is 35.7 Å². The summed E-state index contributed by atoms with van der Waals surface area (Å²) in [5.41, 5.74) is 3.01. The number of hydrogen-bond acceptors (Lipinski definition) is 4. The van der Waals surface area contributed by atoms with Crippen LogP contribution in [0.5, 0.6) is 5.75 Å². The van der Waals surface area contributed by atoms with E-state index in [1.165, 1.54) is 0 Å². The van der Waals surface area contributed by atoms with Crippen LogP contribution in [0, 0.1) is 0 Å². The molecule has 3 aromatic rings. The van der Waals surface area contributed by atoms with E-state index in [9.17, 15) is 9.59 Å². The quantitative estimate of drug-likeness (QED) is 0.243. The zero-order valence-corrected chi connectivity index (χ0v) is 21.8. The minimum absolute atomic E-state index is 0.138. The Labute approximate surface area is 215 Å². The van der Waals surface area contributed by atoms with Crippen molar-refractivity contribution in [2.75, 3.05) is 30.9 Å². The van der Waals surface area contributed by atoms with Crippen LogP contribution < -0.4 is 20.3 Å². The molecule has 3 rings (SSSR count). The van der Waals surface area contributed by atoms with Crippen molar-refractivity contribution in [2.24, 2.45) is 0 Å². The van der Waals surface area contributed by atoms with E-state index >= 15 is 0 Å². The van der Waals surface area contributed by atoms with Crippen LogP contribution in [0.3, 0.4) is 0 Å². The fourth-order valence-electron chi connectivity index (χ4n) is 3.16. The maximum atomic E-state index is 13.1. The van der Waals surface area contributed by atoms with Gasteiger partial charge in [0.1, 0.15) is 11.4 Å². The van der Waals surface area contributed by atoms with Crippen molar-refractivity contribution in [1.82, 2.24) is 5.32 Å². The third kappa shape index (κ3) is 8.00. The summed E-state index contributed by atoms with van der Waals surface area (Å²) >= 11 is 3.39. The van der Waals surface area contributed by atoms with Crippen molar-refractivity contribution < 1.29 is 14.3 Å². The summed E-state index contributed by atoms with van der Waals surface area (Å²) in [5.74, 6) is -0.0937. The summed E-state index contributed by atoms with van der Waals surface area (Å²) in [5, 5.41) is 5.61. The molecule has 0 aliphatic carbocycles. The number of halogens is 1. The molecule has 0 spiro atoms. The molecule has 3 aromatic carbocycles. The predicted octanol–water partition coefficient (Wildman–Crippen LogP) is 6.10. The first-order valence-electron chi connectivity index (χ1n) is 11.5. The minimum Gasteiger partial charge on any atom is -0.494 e. The normalized spacial score (nSPS) is 11.0. The van der Waals surface area contributed by atoms with Crippen LogP contribution >= 0.6 is 15.9 Å². The van der Waals surface area contributed by atoms with Crippen molar-refractivity contribution in [1.29, 1.82) is 0 Å². The van der Waals surface area contributed by atoms with Gasteiger partial charge in [-0.05, 0) is 78.7 Å². The van der Waals surface area contributed by atoms with Crippen molar-refractivity contribution in [2.45, 2.75) is 19.8 Å². The van der Waals surface area contributed by atoms with Crippen LogP contribution in [0.25, 0.3) is 6.08 Å². The fourth-order valence-corrected chi connectivity index (χ4v) is 3.42. The summed E-state index contributed by atoms with van der Waals surface area (Å²) in [4.78, 5) is 28.1. The van der Waals surface area contributed by atoms with E-state index in [2.05, 4.69) is 33.5 Å². The van der Waals surface area contributed by atoms with Gasteiger partial charge < -0.3 is 20.3 Å². The molecular weight excluding hydrogens is 506 g/mol. The van der Waals surface area contributed by atoms with Crippen LogP contribution in [0.2, 0.25) is 0 Å². The van der Waals surface area contributed by atoms with E-state index < -0.39 is 5.91 Å². The van der Waals surface area contributed by atoms with E-state index in [0.29, 0.717) is 23.6 Å². The molecule has 0 saturated heterocycles. The first-order valence-corrected chi connectivity index (χ1v) is 12.2. The number of carbonyl (C=O) groups is 2. The van der Waals surface area contributed by atoms with Gasteiger partial charge in [-0.2, -0.15) is 0 Å². The Balaban J connectivity index is 1.80. The zero-order chi connectivity index (χ0) is 25.2. The summed E-state index contributed by atoms with van der Waals surface area (Å²) in [6, 6.07) is 21.8.